The maximum absolute atomic E-state index is 12.6. The fourth-order valence-electron chi connectivity index (χ4n) is 4.22. The molecule has 2 atom stereocenters. The third kappa shape index (κ3) is 3.96. The Morgan fingerprint density at radius 1 is 1.17 bits per heavy atom. The van der Waals surface area contributed by atoms with E-state index in [1.165, 1.54) is 23.5 Å². The average molecular weight is 412 g/mol. The Bertz CT molecular complexity index is 1130. The first-order valence-electron chi connectivity index (χ1n) is 10.2. The molecule has 0 aliphatic carbocycles. The van der Waals surface area contributed by atoms with Crippen molar-refractivity contribution < 1.29 is 5.11 Å². The number of β-amino-alcohol motifs (C(OH)–C–C–N with tert-alkyl or cyclic N) is 1. The van der Waals surface area contributed by atoms with E-state index in [9.17, 15) is 14.7 Å². The first-order valence-corrected chi connectivity index (χ1v) is 10.2. The van der Waals surface area contributed by atoms with E-state index < -0.39 is 17.4 Å². The van der Waals surface area contributed by atoms with Gasteiger partial charge in [-0.25, -0.2) is 9.78 Å². The summed E-state index contributed by atoms with van der Waals surface area (Å²) in [5.74, 6) is 0. The monoisotopic (exact) mass is 412 g/mol. The Balaban J connectivity index is 1.51. The van der Waals surface area contributed by atoms with Crippen molar-refractivity contribution in [1.29, 1.82) is 0 Å². The molecule has 1 aliphatic rings. The lowest BCUT2D eigenvalue weighted by Crippen LogP contribution is -2.54. The molecule has 160 valence electrons. The summed E-state index contributed by atoms with van der Waals surface area (Å²) in [4.78, 5) is 31.2. The molecule has 1 aliphatic heterocycles. The van der Waals surface area contributed by atoms with Crippen LogP contribution in [0.2, 0.25) is 0 Å². The van der Waals surface area contributed by atoms with Crippen LogP contribution < -0.4 is 16.6 Å². The SMILES string of the molecule is Cn1c(=O)c2c(ncn2CC(O)CN2CCNCC2Cc2ccccc2)n(C)c1=O. The number of nitrogens with one attached hydrogen (secondary N) is 1. The molecule has 9 heteroatoms. The number of aliphatic hydroxyl groups is 1. The van der Waals surface area contributed by atoms with Gasteiger partial charge in [0.25, 0.3) is 5.56 Å². The number of aryl methyl sites for hydroxylation is 1. The standard InChI is InChI=1S/C21H28N6O3/c1-24-19-18(20(29)25(2)21(24)30)27(14-23-19)13-17(28)12-26-9-8-22-11-16(26)10-15-6-4-3-5-7-15/h3-7,14,16-17,22,28H,8-13H2,1-2H3. The van der Waals surface area contributed by atoms with Crippen LogP contribution in [0.4, 0.5) is 0 Å². The van der Waals surface area contributed by atoms with Crippen molar-refractivity contribution in [3.05, 3.63) is 63.1 Å². The maximum atomic E-state index is 12.6. The Hall–Kier alpha value is -2.75. The molecule has 1 fully saturated rings. The number of piperazine rings is 1. The van der Waals surface area contributed by atoms with Crippen molar-refractivity contribution in [3.63, 3.8) is 0 Å². The van der Waals surface area contributed by atoms with Gasteiger partial charge in [-0.3, -0.25) is 18.8 Å². The van der Waals surface area contributed by atoms with E-state index in [2.05, 4.69) is 27.3 Å². The van der Waals surface area contributed by atoms with Crippen molar-refractivity contribution in [1.82, 2.24) is 28.9 Å². The summed E-state index contributed by atoms with van der Waals surface area (Å²) in [6.07, 6.45) is 1.77. The van der Waals surface area contributed by atoms with Crippen molar-refractivity contribution >= 4 is 11.2 Å². The van der Waals surface area contributed by atoms with Gasteiger partial charge in [-0.15, -0.1) is 0 Å². The zero-order chi connectivity index (χ0) is 21.3. The van der Waals surface area contributed by atoms with Gasteiger partial charge in [0, 0.05) is 46.3 Å². The van der Waals surface area contributed by atoms with Crippen molar-refractivity contribution in [2.75, 3.05) is 26.2 Å². The molecule has 0 saturated carbocycles. The lowest BCUT2D eigenvalue weighted by molar-refractivity contribution is 0.0645. The summed E-state index contributed by atoms with van der Waals surface area (Å²) < 4.78 is 4.07. The van der Waals surface area contributed by atoms with Crippen LogP contribution in [-0.4, -0.2) is 67.0 Å². The zero-order valence-electron chi connectivity index (χ0n) is 17.4. The number of hydrogen-bond acceptors (Lipinski definition) is 6. The van der Waals surface area contributed by atoms with Crippen LogP contribution in [0.25, 0.3) is 11.2 Å². The predicted octanol–water partition coefficient (Wildman–Crippen LogP) is -0.689. The molecule has 2 unspecified atom stereocenters. The van der Waals surface area contributed by atoms with E-state index in [1.54, 1.807) is 11.6 Å². The lowest BCUT2D eigenvalue weighted by Gasteiger charge is -2.37. The molecule has 4 rings (SSSR count). The van der Waals surface area contributed by atoms with Gasteiger partial charge in [-0.05, 0) is 12.0 Å². The van der Waals surface area contributed by atoms with E-state index in [4.69, 9.17) is 0 Å². The molecule has 0 bridgehead atoms. The van der Waals surface area contributed by atoms with Crippen molar-refractivity contribution in [2.45, 2.75) is 25.1 Å². The number of aromatic nitrogens is 4. The van der Waals surface area contributed by atoms with E-state index in [0.29, 0.717) is 23.8 Å². The smallest absolute Gasteiger partial charge is 0.332 e. The highest BCUT2D eigenvalue weighted by Gasteiger charge is 2.25. The Kier molecular flexibility index (Phi) is 5.85. The van der Waals surface area contributed by atoms with Crippen LogP contribution in [0.1, 0.15) is 5.56 Å². The number of fused-ring (bicyclic) bond motifs is 1. The molecule has 1 saturated heterocycles. The highest BCUT2D eigenvalue weighted by atomic mass is 16.3. The van der Waals surface area contributed by atoms with Gasteiger partial charge in [-0.2, -0.15) is 0 Å². The number of hydrogen-bond donors (Lipinski definition) is 2. The Morgan fingerprint density at radius 2 is 1.93 bits per heavy atom. The summed E-state index contributed by atoms with van der Waals surface area (Å²) in [5.41, 5.74) is 1.12. The molecular formula is C21H28N6O3. The minimum absolute atomic E-state index is 0.242. The molecule has 2 aromatic heterocycles. The van der Waals surface area contributed by atoms with E-state index in [1.807, 2.05) is 18.2 Å². The molecule has 0 amide bonds. The highest BCUT2D eigenvalue weighted by Crippen LogP contribution is 2.13. The number of rotatable bonds is 6. The van der Waals surface area contributed by atoms with Gasteiger partial charge < -0.3 is 15.0 Å². The maximum Gasteiger partial charge on any atom is 0.332 e. The van der Waals surface area contributed by atoms with Crippen molar-refractivity contribution in [2.24, 2.45) is 14.1 Å². The van der Waals surface area contributed by atoms with E-state index in [0.717, 1.165) is 30.6 Å². The molecule has 0 spiro atoms. The van der Waals surface area contributed by atoms with Gasteiger partial charge in [0.15, 0.2) is 11.2 Å². The molecule has 30 heavy (non-hydrogen) atoms. The van der Waals surface area contributed by atoms with Crippen LogP contribution in [0, 0.1) is 0 Å². The second-order valence-corrected chi connectivity index (χ2v) is 7.97. The minimum Gasteiger partial charge on any atom is -0.390 e. The van der Waals surface area contributed by atoms with Gasteiger partial charge in [-0.1, -0.05) is 30.3 Å². The summed E-state index contributed by atoms with van der Waals surface area (Å²) in [6.45, 7) is 3.36. The largest absolute Gasteiger partial charge is 0.390 e. The average Bonchev–Trinajstić information content (AvgIpc) is 3.16. The molecule has 2 N–H and O–H groups in total. The summed E-state index contributed by atoms with van der Waals surface area (Å²) in [7, 11) is 3.04. The van der Waals surface area contributed by atoms with Crippen molar-refractivity contribution in [3.8, 4) is 0 Å². The normalized spacial score (nSPS) is 18.7. The highest BCUT2D eigenvalue weighted by molar-refractivity contribution is 5.69. The third-order valence-corrected chi connectivity index (χ3v) is 5.86. The number of nitrogens with zero attached hydrogens (tertiary/aromatic N) is 5. The lowest BCUT2D eigenvalue weighted by atomic mass is 10.0. The van der Waals surface area contributed by atoms with Gasteiger partial charge in [0.1, 0.15) is 0 Å². The predicted molar refractivity (Wildman–Crippen MR) is 115 cm³/mol. The molecule has 1 aromatic carbocycles. The molecular weight excluding hydrogens is 384 g/mol. The first-order chi connectivity index (χ1) is 14.5. The van der Waals surface area contributed by atoms with E-state index >= 15 is 0 Å². The number of imidazole rings is 1. The summed E-state index contributed by atoms with van der Waals surface area (Å²) >= 11 is 0. The molecule has 9 nitrogen and oxygen atoms in total. The summed E-state index contributed by atoms with van der Waals surface area (Å²) in [6, 6.07) is 10.6. The quantitative estimate of drug-likeness (QED) is 0.556. The Labute approximate surface area is 174 Å². The summed E-state index contributed by atoms with van der Waals surface area (Å²) in [5, 5.41) is 14.3. The molecule has 3 aromatic rings. The van der Waals surface area contributed by atoms with Crippen LogP contribution in [0.15, 0.2) is 46.2 Å². The van der Waals surface area contributed by atoms with Crippen LogP contribution in [0.3, 0.4) is 0 Å². The topological polar surface area (TPSA) is 97.3 Å². The van der Waals surface area contributed by atoms with Crippen LogP contribution in [0.5, 0.6) is 0 Å². The second-order valence-electron chi connectivity index (χ2n) is 7.97. The Morgan fingerprint density at radius 3 is 2.70 bits per heavy atom. The molecule has 3 heterocycles. The van der Waals surface area contributed by atoms with Gasteiger partial charge >= 0.3 is 5.69 Å². The fourth-order valence-corrected chi connectivity index (χ4v) is 4.22. The minimum atomic E-state index is -0.666. The second kappa shape index (κ2) is 8.55. The zero-order valence-corrected chi connectivity index (χ0v) is 17.4. The number of benzene rings is 1. The number of aliphatic hydroxyl groups excluding tert-OH is 1. The third-order valence-electron chi connectivity index (χ3n) is 5.86. The van der Waals surface area contributed by atoms with Crippen LogP contribution >= 0.6 is 0 Å². The van der Waals surface area contributed by atoms with Crippen LogP contribution in [-0.2, 0) is 27.1 Å². The fraction of sp³-hybridized carbons (Fsp3) is 0.476. The van der Waals surface area contributed by atoms with Gasteiger partial charge in [0.05, 0.1) is 19.0 Å². The molecule has 0 radical (unpaired) electrons. The first kappa shape index (κ1) is 20.5. The van der Waals surface area contributed by atoms with Gasteiger partial charge in [0.2, 0.25) is 0 Å². The van der Waals surface area contributed by atoms with E-state index in [-0.39, 0.29) is 6.54 Å².